The van der Waals surface area contributed by atoms with E-state index in [4.69, 9.17) is 15.3 Å². The number of unbranched alkanes of at least 4 members (excludes halogenated alkanes) is 13. The predicted octanol–water partition coefficient (Wildman–Crippen LogP) is 7.73. The van der Waals surface area contributed by atoms with Crippen LogP contribution < -0.4 is 20.7 Å². The number of hydrogen-bond donors (Lipinski definition) is 2. The van der Waals surface area contributed by atoms with E-state index < -0.39 is 0 Å². The molecule has 0 saturated carbocycles. The van der Waals surface area contributed by atoms with Crippen LogP contribution in [0.2, 0.25) is 0 Å². The van der Waals surface area contributed by atoms with Crippen LogP contribution >= 0.6 is 0 Å². The maximum absolute atomic E-state index is 11.5. The minimum Gasteiger partial charge on any atom is -0.494 e. The lowest BCUT2D eigenvalue weighted by atomic mass is 10.0. The molecule has 0 unspecified atom stereocenters. The summed E-state index contributed by atoms with van der Waals surface area (Å²) >= 11 is 0. The van der Waals surface area contributed by atoms with Crippen molar-refractivity contribution in [1.82, 2.24) is 5.43 Å². The molecule has 35 heavy (non-hydrogen) atoms. The average molecular weight is 483 g/mol. The summed E-state index contributed by atoms with van der Waals surface area (Å²) < 4.78 is 11.7. The standard InChI is InChI=1S/C30H46N2O3/c1-2-3-4-5-6-7-8-9-10-11-12-13-14-15-24-34-28-20-16-26(17-21-28)25-35-29-22-18-27(19-23-29)30(33)32-31/h16-23H,2-15,24-25,31H2,1H3,(H,32,33). The van der Waals surface area contributed by atoms with Crippen LogP contribution in [0.3, 0.4) is 0 Å². The number of hydrazine groups is 1. The fraction of sp³-hybridized carbons (Fsp3) is 0.567. The fourth-order valence-corrected chi connectivity index (χ4v) is 4.12. The number of hydrogen-bond acceptors (Lipinski definition) is 4. The topological polar surface area (TPSA) is 73.6 Å². The van der Waals surface area contributed by atoms with Gasteiger partial charge in [0, 0.05) is 5.56 Å². The molecule has 0 radical (unpaired) electrons. The molecule has 0 saturated heterocycles. The minimum atomic E-state index is -0.318. The lowest BCUT2D eigenvalue weighted by molar-refractivity contribution is 0.0953. The highest BCUT2D eigenvalue weighted by atomic mass is 16.5. The Morgan fingerprint density at radius 3 is 1.63 bits per heavy atom. The zero-order valence-corrected chi connectivity index (χ0v) is 21.7. The van der Waals surface area contributed by atoms with Gasteiger partial charge in [-0.25, -0.2) is 5.84 Å². The highest BCUT2D eigenvalue weighted by molar-refractivity contribution is 5.93. The van der Waals surface area contributed by atoms with Crippen molar-refractivity contribution in [2.45, 2.75) is 103 Å². The second-order valence-electron chi connectivity index (χ2n) is 9.38. The van der Waals surface area contributed by atoms with E-state index in [0.717, 1.165) is 24.3 Å². The van der Waals surface area contributed by atoms with Crippen molar-refractivity contribution < 1.29 is 14.3 Å². The number of rotatable bonds is 20. The molecule has 0 spiro atoms. The van der Waals surface area contributed by atoms with Crippen LogP contribution in [-0.2, 0) is 6.61 Å². The maximum Gasteiger partial charge on any atom is 0.265 e. The normalized spacial score (nSPS) is 10.8. The molecular formula is C30H46N2O3. The summed E-state index contributed by atoms with van der Waals surface area (Å²) in [6, 6.07) is 14.9. The van der Waals surface area contributed by atoms with Gasteiger partial charge in [-0.1, -0.05) is 103 Å². The molecule has 5 heteroatoms. The van der Waals surface area contributed by atoms with E-state index in [0.29, 0.717) is 17.9 Å². The zero-order valence-electron chi connectivity index (χ0n) is 21.7. The van der Waals surface area contributed by atoms with Crippen LogP contribution in [0.4, 0.5) is 0 Å². The third kappa shape index (κ3) is 13.2. The first kappa shape index (κ1) is 28.7. The molecule has 1 amide bonds. The van der Waals surface area contributed by atoms with E-state index in [2.05, 4.69) is 12.3 Å². The molecule has 5 nitrogen and oxygen atoms in total. The van der Waals surface area contributed by atoms with Crippen molar-refractivity contribution in [3.05, 3.63) is 59.7 Å². The number of carbonyl (C=O) groups excluding carboxylic acids is 1. The third-order valence-corrected chi connectivity index (χ3v) is 6.34. The summed E-state index contributed by atoms with van der Waals surface area (Å²) in [6.07, 6.45) is 19.1. The van der Waals surface area contributed by atoms with E-state index >= 15 is 0 Å². The number of amides is 1. The van der Waals surface area contributed by atoms with Gasteiger partial charge >= 0.3 is 0 Å². The number of carbonyl (C=O) groups is 1. The monoisotopic (exact) mass is 482 g/mol. The molecule has 2 aromatic rings. The first-order valence-corrected chi connectivity index (χ1v) is 13.7. The lowest BCUT2D eigenvalue weighted by Gasteiger charge is -2.09. The van der Waals surface area contributed by atoms with Crippen LogP contribution in [0.1, 0.15) is 113 Å². The number of nitrogens with two attached hydrogens (primary N) is 1. The third-order valence-electron chi connectivity index (χ3n) is 6.34. The van der Waals surface area contributed by atoms with E-state index in [1.807, 2.05) is 24.3 Å². The Morgan fingerprint density at radius 2 is 1.11 bits per heavy atom. The van der Waals surface area contributed by atoms with Crippen molar-refractivity contribution in [3.63, 3.8) is 0 Å². The maximum atomic E-state index is 11.5. The zero-order chi connectivity index (χ0) is 25.0. The molecule has 0 aliphatic carbocycles. The molecule has 0 bridgehead atoms. The molecule has 0 aliphatic rings. The number of benzene rings is 2. The van der Waals surface area contributed by atoms with Gasteiger partial charge in [-0.05, 0) is 48.4 Å². The second-order valence-corrected chi connectivity index (χ2v) is 9.38. The summed E-state index contributed by atoms with van der Waals surface area (Å²) in [7, 11) is 0. The van der Waals surface area contributed by atoms with E-state index in [1.54, 1.807) is 24.3 Å². The summed E-state index contributed by atoms with van der Waals surface area (Å²) in [4.78, 5) is 11.5. The summed E-state index contributed by atoms with van der Waals surface area (Å²) in [5, 5.41) is 0. The predicted molar refractivity (Wildman–Crippen MR) is 145 cm³/mol. The minimum absolute atomic E-state index is 0.318. The van der Waals surface area contributed by atoms with Crippen LogP contribution in [-0.4, -0.2) is 12.5 Å². The number of nitrogens with one attached hydrogen (secondary N) is 1. The average Bonchev–Trinajstić information content (AvgIpc) is 2.90. The molecule has 3 N–H and O–H groups in total. The van der Waals surface area contributed by atoms with Crippen LogP contribution in [0.5, 0.6) is 11.5 Å². The highest BCUT2D eigenvalue weighted by Crippen LogP contribution is 2.17. The Labute approximate surface area is 212 Å². The first-order chi connectivity index (χ1) is 17.2. The van der Waals surface area contributed by atoms with Gasteiger partial charge in [-0.2, -0.15) is 0 Å². The molecule has 0 aliphatic heterocycles. The van der Waals surface area contributed by atoms with Crippen molar-refractivity contribution in [2.75, 3.05) is 6.61 Å². The van der Waals surface area contributed by atoms with Crippen molar-refractivity contribution in [3.8, 4) is 11.5 Å². The van der Waals surface area contributed by atoms with E-state index in [9.17, 15) is 4.79 Å². The van der Waals surface area contributed by atoms with Crippen molar-refractivity contribution in [2.24, 2.45) is 5.84 Å². The Hall–Kier alpha value is -2.53. The van der Waals surface area contributed by atoms with Gasteiger partial charge in [-0.3, -0.25) is 10.2 Å². The summed E-state index contributed by atoms with van der Waals surface area (Å²) in [6.45, 7) is 3.51. The van der Waals surface area contributed by atoms with Crippen molar-refractivity contribution in [1.29, 1.82) is 0 Å². The van der Waals surface area contributed by atoms with Crippen LogP contribution in [0.25, 0.3) is 0 Å². The smallest absolute Gasteiger partial charge is 0.265 e. The van der Waals surface area contributed by atoms with Gasteiger partial charge in [0.2, 0.25) is 0 Å². The molecule has 0 fully saturated rings. The Morgan fingerprint density at radius 1 is 0.657 bits per heavy atom. The Kier molecular flexibility index (Phi) is 15.4. The molecule has 0 heterocycles. The first-order valence-electron chi connectivity index (χ1n) is 13.7. The largest absolute Gasteiger partial charge is 0.494 e. The van der Waals surface area contributed by atoms with Gasteiger partial charge < -0.3 is 9.47 Å². The summed E-state index contributed by atoms with van der Waals surface area (Å²) in [5.74, 6) is 6.43. The SMILES string of the molecule is CCCCCCCCCCCCCCCCOc1ccc(COc2ccc(C(=O)NN)cc2)cc1. The summed E-state index contributed by atoms with van der Waals surface area (Å²) in [5.41, 5.74) is 3.68. The Bertz CT molecular complexity index is 790. The van der Waals surface area contributed by atoms with Gasteiger partial charge in [0.15, 0.2) is 0 Å². The fourth-order valence-electron chi connectivity index (χ4n) is 4.12. The molecular weight excluding hydrogens is 436 g/mol. The molecule has 2 rings (SSSR count). The quantitative estimate of drug-likeness (QED) is 0.0876. The number of ether oxygens (including phenoxy) is 2. The molecule has 194 valence electrons. The van der Waals surface area contributed by atoms with Crippen molar-refractivity contribution >= 4 is 5.91 Å². The van der Waals surface area contributed by atoms with Gasteiger partial charge in [0.1, 0.15) is 18.1 Å². The van der Waals surface area contributed by atoms with E-state index in [1.165, 1.54) is 83.5 Å². The van der Waals surface area contributed by atoms with Gasteiger partial charge in [-0.15, -0.1) is 0 Å². The van der Waals surface area contributed by atoms with Gasteiger partial charge in [0.05, 0.1) is 6.61 Å². The Balaban J connectivity index is 1.45. The van der Waals surface area contributed by atoms with Crippen LogP contribution in [0.15, 0.2) is 48.5 Å². The van der Waals surface area contributed by atoms with Gasteiger partial charge in [0.25, 0.3) is 5.91 Å². The lowest BCUT2D eigenvalue weighted by Crippen LogP contribution is -2.29. The number of nitrogen functional groups attached to an aromatic ring is 1. The highest BCUT2D eigenvalue weighted by Gasteiger charge is 2.04. The molecule has 0 atom stereocenters. The van der Waals surface area contributed by atoms with E-state index in [-0.39, 0.29) is 5.91 Å². The molecule has 0 aromatic heterocycles. The molecule has 2 aromatic carbocycles. The van der Waals surface area contributed by atoms with Crippen LogP contribution in [0, 0.1) is 0 Å². The second kappa shape index (κ2) is 18.8.